The Morgan fingerprint density at radius 1 is 1.25 bits per heavy atom. The smallest absolute Gasteiger partial charge is 0.0568 e. The second kappa shape index (κ2) is 6.25. The summed E-state index contributed by atoms with van der Waals surface area (Å²) in [4.78, 5) is 0. The van der Waals surface area contributed by atoms with Gasteiger partial charge in [0, 0.05) is 22.2 Å². The summed E-state index contributed by atoms with van der Waals surface area (Å²) in [6.07, 6.45) is 5.95. The summed E-state index contributed by atoms with van der Waals surface area (Å²) in [5, 5.41) is 4.39. The summed E-state index contributed by atoms with van der Waals surface area (Å²) in [5.41, 5.74) is 7.60. The Kier molecular flexibility index (Phi) is 5.04. The Morgan fingerprint density at radius 2 is 2.00 bits per heavy atom. The van der Waals surface area contributed by atoms with E-state index in [0.717, 1.165) is 28.0 Å². The molecule has 0 aromatic heterocycles. The third-order valence-corrected chi connectivity index (χ3v) is 5.74. The maximum absolute atomic E-state index is 6.18. The van der Waals surface area contributed by atoms with E-state index in [4.69, 9.17) is 17.3 Å². The van der Waals surface area contributed by atoms with Crippen LogP contribution in [0.1, 0.15) is 46.0 Å². The molecule has 2 nitrogen and oxygen atoms in total. The van der Waals surface area contributed by atoms with E-state index in [2.05, 4.69) is 41.2 Å². The lowest BCUT2D eigenvalue weighted by Gasteiger charge is -2.34. The van der Waals surface area contributed by atoms with Crippen molar-refractivity contribution < 1.29 is 0 Å². The Balaban J connectivity index is 2.16. The molecule has 3 N–H and O–H groups in total. The molecule has 0 amide bonds. The predicted octanol–water partition coefficient (Wildman–Crippen LogP) is 5.20. The zero-order valence-electron chi connectivity index (χ0n) is 12.3. The fourth-order valence-electron chi connectivity index (χ4n) is 2.99. The second-order valence-corrected chi connectivity index (χ2v) is 8.02. The van der Waals surface area contributed by atoms with Crippen molar-refractivity contribution >= 4 is 33.2 Å². The van der Waals surface area contributed by atoms with Crippen molar-refractivity contribution in [2.45, 2.75) is 51.5 Å². The fourth-order valence-corrected chi connectivity index (χ4v) is 3.42. The minimum atomic E-state index is 0.00489. The van der Waals surface area contributed by atoms with E-state index in [0.29, 0.717) is 12.0 Å². The summed E-state index contributed by atoms with van der Waals surface area (Å²) < 4.78 is 0.925. The van der Waals surface area contributed by atoms with Gasteiger partial charge in [-0.05, 0) is 65.2 Å². The van der Waals surface area contributed by atoms with Gasteiger partial charge in [-0.25, -0.2) is 0 Å². The molecule has 0 saturated heterocycles. The maximum Gasteiger partial charge on any atom is 0.0568 e. The summed E-state index contributed by atoms with van der Waals surface area (Å²) in [5.74, 6) is 0. The largest absolute Gasteiger partial charge is 0.378 e. The summed E-state index contributed by atoms with van der Waals surface area (Å²) in [6, 6.07) is 6.01. The maximum atomic E-state index is 6.18. The van der Waals surface area contributed by atoms with Crippen molar-refractivity contribution in [1.82, 2.24) is 0 Å². The van der Waals surface area contributed by atoms with Crippen molar-refractivity contribution in [1.29, 1.82) is 0 Å². The first-order valence-electron chi connectivity index (χ1n) is 7.29. The van der Waals surface area contributed by atoms with Crippen molar-refractivity contribution in [2.24, 2.45) is 11.1 Å². The van der Waals surface area contributed by atoms with Crippen LogP contribution in [0.2, 0.25) is 5.02 Å². The van der Waals surface area contributed by atoms with Crippen LogP contribution in [-0.2, 0) is 0 Å². The molecule has 2 rings (SSSR count). The van der Waals surface area contributed by atoms with Gasteiger partial charge in [-0.2, -0.15) is 0 Å². The Bertz CT molecular complexity index is 476. The zero-order valence-corrected chi connectivity index (χ0v) is 14.6. The van der Waals surface area contributed by atoms with Gasteiger partial charge >= 0.3 is 0 Å². The summed E-state index contributed by atoms with van der Waals surface area (Å²) >= 11 is 9.61. The SMILES string of the molecule is CC1(C)CCCC(CN)(Nc2ccc(Br)c(Cl)c2)CC1. The molecule has 4 heteroatoms. The highest BCUT2D eigenvalue weighted by Crippen LogP contribution is 2.39. The van der Waals surface area contributed by atoms with E-state index in [-0.39, 0.29) is 5.54 Å². The molecule has 1 saturated carbocycles. The molecule has 20 heavy (non-hydrogen) atoms. The summed E-state index contributed by atoms with van der Waals surface area (Å²) in [6.45, 7) is 5.38. The molecule has 1 aliphatic carbocycles. The average Bonchev–Trinajstić information content (AvgIpc) is 2.54. The van der Waals surface area contributed by atoms with Crippen molar-refractivity contribution in [3.05, 3.63) is 27.7 Å². The molecule has 1 unspecified atom stereocenters. The molecular weight excluding hydrogens is 336 g/mol. The van der Waals surface area contributed by atoms with Crippen LogP contribution in [0.25, 0.3) is 0 Å². The van der Waals surface area contributed by atoms with Gasteiger partial charge in [-0.1, -0.05) is 31.9 Å². The van der Waals surface area contributed by atoms with Crippen LogP contribution in [0.5, 0.6) is 0 Å². The number of rotatable bonds is 3. The van der Waals surface area contributed by atoms with Gasteiger partial charge < -0.3 is 11.1 Å². The normalized spacial score (nSPS) is 26.1. The molecule has 1 fully saturated rings. The van der Waals surface area contributed by atoms with E-state index < -0.39 is 0 Å². The lowest BCUT2D eigenvalue weighted by atomic mass is 9.83. The Morgan fingerprint density at radius 3 is 2.65 bits per heavy atom. The number of nitrogens with one attached hydrogen (secondary N) is 1. The molecule has 1 aromatic rings. The fraction of sp³-hybridized carbons (Fsp3) is 0.625. The first-order chi connectivity index (χ1) is 9.36. The lowest BCUT2D eigenvalue weighted by Crippen LogP contribution is -2.45. The number of nitrogens with two attached hydrogens (primary N) is 1. The summed E-state index contributed by atoms with van der Waals surface area (Å²) in [7, 11) is 0. The van der Waals surface area contributed by atoms with Crippen molar-refractivity contribution in [2.75, 3.05) is 11.9 Å². The highest BCUT2D eigenvalue weighted by Gasteiger charge is 2.34. The number of hydrogen-bond acceptors (Lipinski definition) is 2. The number of benzene rings is 1. The number of halogens is 2. The number of anilines is 1. The van der Waals surface area contributed by atoms with Crippen LogP contribution in [0, 0.1) is 5.41 Å². The Labute approximate surface area is 135 Å². The van der Waals surface area contributed by atoms with Crippen molar-refractivity contribution in [3.63, 3.8) is 0 Å². The van der Waals surface area contributed by atoms with Gasteiger partial charge in [0.25, 0.3) is 0 Å². The molecular formula is C16H24BrClN2. The molecule has 0 radical (unpaired) electrons. The van der Waals surface area contributed by atoms with E-state index in [1.165, 1.54) is 19.3 Å². The third kappa shape index (κ3) is 3.90. The first kappa shape index (κ1) is 16.1. The van der Waals surface area contributed by atoms with E-state index in [1.807, 2.05) is 12.1 Å². The topological polar surface area (TPSA) is 38.0 Å². The minimum Gasteiger partial charge on any atom is -0.378 e. The molecule has 0 spiro atoms. The van der Waals surface area contributed by atoms with Gasteiger partial charge in [0.05, 0.1) is 5.02 Å². The van der Waals surface area contributed by atoms with Crippen LogP contribution < -0.4 is 11.1 Å². The van der Waals surface area contributed by atoms with Crippen molar-refractivity contribution in [3.8, 4) is 0 Å². The predicted molar refractivity (Wildman–Crippen MR) is 91.4 cm³/mol. The van der Waals surface area contributed by atoms with Crippen LogP contribution >= 0.6 is 27.5 Å². The van der Waals surface area contributed by atoms with Gasteiger partial charge in [0.2, 0.25) is 0 Å². The van der Waals surface area contributed by atoms with E-state index in [1.54, 1.807) is 0 Å². The monoisotopic (exact) mass is 358 g/mol. The average molecular weight is 360 g/mol. The minimum absolute atomic E-state index is 0.00489. The third-order valence-electron chi connectivity index (χ3n) is 4.51. The first-order valence-corrected chi connectivity index (χ1v) is 8.46. The second-order valence-electron chi connectivity index (χ2n) is 6.76. The van der Waals surface area contributed by atoms with Crippen LogP contribution in [0.3, 0.4) is 0 Å². The van der Waals surface area contributed by atoms with E-state index in [9.17, 15) is 0 Å². The number of hydrogen-bond donors (Lipinski definition) is 2. The van der Waals surface area contributed by atoms with Crippen LogP contribution in [-0.4, -0.2) is 12.1 Å². The van der Waals surface area contributed by atoms with Gasteiger partial charge in [-0.3, -0.25) is 0 Å². The molecule has 0 bridgehead atoms. The van der Waals surface area contributed by atoms with E-state index >= 15 is 0 Å². The molecule has 0 aliphatic heterocycles. The zero-order chi connectivity index (χ0) is 14.8. The highest BCUT2D eigenvalue weighted by atomic mass is 79.9. The Hall–Kier alpha value is -0.250. The molecule has 1 aliphatic rings. The van der Waals surface area contributed by atoms with Crippen LogP contribution in [0.4, 0.5) is 5.69 Å². The van der Waals surface area contributed by atoms with Gasteiger partial charge in [-0.15, -0.1) is 0 Å². The van der Waals surface area contributed by atoms with Gasteiger partial charge in [0.1, 0.15) is 0 Å². The molecule has 112 valence electrons. The quantitative estimate of drug-likeness (QED) is 0.728. The standard InChI is InChI=1S/C16H24BrClN2/c1-15(2)6-3-7-16(11-19,9-8-15)20-12-4-5-13(17)14(18)10-12/h4-5,10,20H,3,6-9,11,19H2,1-2H3. The molecule has 1 aromatic carbocycles. The molecule has 0 heterocycles. The highest BCUT2D eigenvalue weighted by molar-refractivity contribution is 9.10. The molecule has 1 atom stereocenters. The van der Waals surface area contributed by atoms with Gasteiger partial charge in [0.15, 0.2) is 0 Å². The van der Waals surface area contributed by atoms with Crippen LogP contribution in [0.15, 0.2) is 22.7 Å². The lowest BCUT2D eigenvalue weighted by molar-refractivity contribution is 0.305.